The normalized spacial score (nSPS) is 12.7. The van der Waals surface area contributed by atoms with Gasteiger partial charge in [0.05, 0.1) is 11.0 Å². The molecule has 1 unspecified atom stereocenters. The first-order valence-corrected chi connectivity index (χ1v) is 6.80. The molecule has 0 spiro atoms. The molecule has 0 radical (unpaired) electrons. The Balaban J connectivity index is 3.07. The van der Waals surface area contributed by atoms with E-state index < -0.39 is 0 Å². The molecule has 1 aromatic carbocycles. The Morgan fingerprint density at radius 2 is 1.83 bits per heavy atom. The molecule has 0 fully saturated rings. The van der Waals surface area contributed by atoms with Crippen molar-refractivity contribution in [2.45, 2.75) is 32.7 Å². The van der Waals surface area contributed by atoms with E-state index in [1.165, 1.54) is 6.07 Å². The van der Waals surface area contributed by atoms with Gasteiger partial charge in [0.25, 0.3) is 0 Å². The zero-order valence-electron chi connectivity index (χ0n) is 11.0. The lowest BCUT2D eigenvalue weighted by Gasteiger charge is -2.31. The van der Waals surface area contributed by atoms with Crippen LogP contribution >= 0.6 is 12.2 Å². The summed E-state index contributed by atoms with van der Waals surface area (Å²) in [6.07, 6.45) is 1.99. The second-order valence-electron chi connectivity index (χ2n) is 4.36. The highest BCUT2D eigenvalue weighted by atomic mass is 32.1. The van der Waals surface area contributed by atoms with Crippen LogP contribution in [0.3, 0.4) is 0 Å². The lowest BCUT2D eigenvalue weighted by molar-refractivity contribution is 0.241. The van der Waals surface area contributed by atoms with Crippen LogP contribution in [0.25, 0.3) is 0 Å². The van der Waals surface area contributed by atoms with Crippen LogP contribution in [0.2, 0.25) is 0 Å². The zero-order valence-corrected chi connectivity index (χ0v) is 11.8. The summed E-state index contributed by atoms with van der Waals surface area (Å²) >= 11 is 5.13. The SMILES string of the molecule is CCCN(CCC)C(C(N)=S)c1ccccc1F. The molecule has 18 heavy (non-hydrogen) atoms. The van der Waals surface area contributed by atoms with Gasteiger partial charge in [-0.2, -0.15) is 0 Å². The molecule has 1 rings (SSSR count). The minimum absolute atomic E-state index is 0.243. The maximum atomic E-state index is 13.9. The van der Waals surface area contributed by atoms with Gasteiger partial charge in [0, 0.05) is 5.56 Å². The van der Waals surface area contributed by atoms with Crippen LogP contribution in [-0.2, 0) is 0 Å². The summed E-state index contributed by atoms with van der Waals surface area (Å²) < 4.78 is 13.9. The Labute approximate surface area is 114 Å². The smallest absolute Gasteiger partial charge is 0.128 e. The number of nitrogens with zero attached hydrogens (tertiary/aromatic N) is 1. The Bertz CT molecular complexity index is 389. The molecule has 0 heterocycles. The predicted molar refractivity (Wildman–Crippen MR) is 78.1 cm³/mol. The Kier molecular flexibility index (Phi) is 6.22. The van der Waals surface area contributed by atoms with Gasteiger partial charge >= 0.3 is 0 Å². The first-order valence-electron chi connectivity index (χ1n) is 6.39. The van der Waals surface area contributed by atoms with Crippen molar-refractivity contribution >= 4 is 17.2 Å². The van der Waals surface area contributed by atoms with Crippen LogP contribution < -0.4 is 5.73 Å². The zero-order chi connectivity index (χ0) is 13.5. The number of hydrogen-bond acceptors (Lipinski definition) is 2. The van der Waals surface area contributed by atoms with E-state index in [9.17, 15) is 4.39 Å². The minimum atomic E-state index is -0.305. The third-order valence-corrected chi connectivity index (χ3v) is 3.08. The molecule has 0 bridgehead atoms. The van der Waals surface area contributed by atoms with Crippen molar-refractivity contribution in [1.29, 1.82) is 0 Å². The van der Waals surface area contributed by atoms with Crippen molar-refractivity contribution in [3.63, 3.8) is 0 Å². The second kappa shape index (κ2) is 7.44. The van der Waals surface area contributed by atoms with E-state index in [-0.39, 0.29) is 11.9 Å². The molecule has 100 valence electrons. The van der Waals surface area contributed by atoms with Gasteiger partial charge in [0.15, 0.2) is 0 Å². The molecular formula is C14H21FN2S. The van der Waals surface area contributed by atoms with Crippen molar-refractivity contribution in [1.82, 2.24) is 4.90 Å². The molecule has 2 nitrogen and oxygen atoms in total. The molecule has 1 atom stereocenters. The molecule has 2 N–H and O–H groups in total. The number of nitrogens with two attached hydrogens (primary N) is 1. The van der Waals surface area contributed by atoms with Gasteiger partial charge in [0.2, 0.25) is 0 Å². The highest BCUT2D eigenvalue weighted by Gasteiger charge is 2.24. The Morgan fingerprint density at radius 3 is 2.28 bits per heavy atom. The predicted octanol–water partition coefficient (Wildman–Crippen LogP) is 3.27. The molecule has 1 aromatic rings. The summed E-state index contributed by atoms with van der Waals surface area (Å²) in [5.74, 6) is -0.243. The number of rotatable bonds is 7. The van der Waals surface area contributed by atoms with E-state index in [1.54, 1.807) is 12.1 Å². The first-order chi connectivity index (χ1) is 8.61. The summed E-state index contributed by atoms with van der Waals surface area (Å²) in [6.45, 7) is 5.93. The summed E-state index contributed by atoms with van der Waals surface area (Å²) in [5.41, 5.74) is 6.40. The van der Waals surface area contributed by atoms with Crippen LogP contribution in [0.5, 0.6) is 0 Å². The average Bonchev–Trinajstić information content (AvgIpc) is 2.32. The topological polar surface area (TPSA) is 29.3 Å². The maximum absolute atomic E-state index is 13.9. The standard InChI is InChI=1S/C14H21FN2S/c1-3-9-17(10-4-2)13(14(16)18)11-7-5-6-8-12(11)15/h5-8,13H,3-4,9-10H2,1-2H3,(H2,16,18). The van der Waals surface area contributed by atoms with Gasteiger partial charge in [-0.3, -0.25) is 4.90 Å². The molecule has 0 saturated heterocycles. The Hall–Kier alpha value is -1.00. The van der Waals surface area contributed by atoms with E-state index in [1.807, 2.05) is 6.07 Å². The van der Waals surface area contributed by atoms with Gasteiger partial charge < -0.3 is 5.73 Å². The Morgan fingerprint density at radius 1 is 1.28 bits per heavy atom. The summed E-state index contributed by atoms with van der Waals surface area (Å²) in [5, 5.41) is 0. The van der Waals surface area contributed by atoms with Crippen LogP contribution in [0.1, 0.15) is 38.3 Å². The third kappa shape index (κ3) is 3.75. The van der Waals surface area contributed by atoms with Gasteiger partial charge in [0.1, 0.15) is 5.82 Å². The fourth-order valence-electron chi connectivity index (χ4n) is 2.17. The van der Waals surface area contributed by atoms with E-state index in [2.05, 4.69) is 18.7 Å². The van der Waals surface area contributed by atoms with Gasteiger partial charge in [-0.05, 0) is 32.0 Å². The molecular weight excluding hydrogens is 247 g/mol. The van der Waals surface area contributed by atoms with Crippen molar-refractivity contribution < 1.29 is 4.39 Å². The fourth-order valence-corrected chi connectivity index (χ4v) is 2.45. The van der Waals surface area contributed by atoms with Gasteiger partial charge in [-0.15, -0.1) is 0 Å². The first kappa shape index (κ1) is 15.1. The molecule has 0 saturated carbocycles. The van der Waals surface area contributed by atoms with Crippen LogP contribution in [0.15, 0.2) is 24.3 Å². The lowest BCUT2D eigenvalue weighted by atomic mass is 10.0. The number of hydrogen-bond donors (Lipinski definition) is 1. The molecule has 0 aliphatic heterocycles. The van der Waals surface area contributed by atoms with Crippen molar-refractivity contribution in [2.75, 3.05) is 13.1 Å². The van der Waals surface area contributed by atoms with Gasteiger partial charge in [-0.1, -0.05) is 44.3 Å². The number of thiocarbonyl (C=S) groups is 1. The van der Waals surface area contributed by atoms with E-state index in [0.29, 0.717) is 10.6 Å². The highest BCUT2D eigenvalue weighted by molar-refractivity contribution is 7.80. The van der Waals surface area contributed by atoms with E-state index in [0.717, 1.165) is 25.9 Å². The maximum Gasteiger partial charge on any atom is 0.128 e. The van der Waals surface area contributed by atoms with Crippen LogP contribution in [0, 0.1) is 5.82 Å². The van der Waals surface area contributed by atoms with Crippen LogP contribution in [0.4, 0.5) is 4.39 Å². The average molecular weight is 268 g/mol. The van der Waals surface area contributed by atoms with Crippen molar-refractivity contribution in [3.05, 3.63) is 35.6 Å². The fraction of sp³-hybridized carbons (Fsp3) is 0.500. The molecule has 4 heteroatoms. The second-order valence-corrected chi connectivity index (χ2v) is 4.83. The third-order valence-electron chi connectivity index (χ3n) is 2.86. The largest absolute Gasteiger partial charge is 0.392 e. The summed E-state index contributed by atoms with van der Waals surface area (Å²) in [4.78, 5) is 2.49. The quantitative estimate of drug-likeness (QED) is 0.770. The highest BCUT2D eigenvalue weighted by Crippen LogP contribution is 2.24. The number of benzene rings is 1. The molecule has 0 aliphatic carbocycles. The van der Waals surface area contributed by atoms with Crippen molar-refractivity contribution in [2.24, 2.45) is 5.73 Å². The molecule has 0 amide bonds. The minimum Gasteiger partial charge on any atom is -0.392 e. The van der Waals surface area contributed by atoms with E-state index >= 15 is 0 Å². The molecule has 0 aromatic heterocycles. The summed E-state index contributed by atoms with van der Waals surface area (Å²) in [7, 11) is 0. The van der Waals surface area contributed by atoms with Crippen LogP contribution in [-0.4, -0.2) is 23.0 Å². The summed E-state index contributed by atoms with van der Waals surface area (Å²) in [6, 6.07) is 6.41. The number of halogens is 1. The monoisotopic (exact) mass is 268 g/mol. The van der Waals surface area contributed by atoms with E-state index in [4.69, 9.17) is 18.0 Å². The van der Waals surface area contributed by atoms with Crippen molar-refractivity contribution in [3.8, 4) is 0 Å². The lowest BCUT2D eigenvalue weighted by Crippen LogP contribution is -2.38. The van der Waals surface area contributed by atoms with Gasteiger partial charge in [-0.25, -0.2) is 4.39 Å². The molecule has 0 aliphatic rings.